The molecule has 2 amide bonds. The number of rotatable bonds is 4. The summed E-state index contributed by atoms with van der Waals surface area (Å²) in [6, 6.07) is 5.28. The van der Waals surface area contributed by atoms with Crippen molar-refractivity contribution in [2.75, 3.05) is 5.32 Å². The van der Waals surface area contributed by atoms with Gasteiger partial charge in [0.15, 0.2) is 0 Å². The number of carbonyl (C=O) groups excluding carboxylic acids is 2. The van der Waals surface area contributed by atoms with Crippen molar-refractivity contribution in [3.63, 3.8) is 0 Å². The molecule has 142 valence electrons. The van der Waals surface area contributed by atoms with Gasteiger partial charge < -0.3 is 10.4 Å². The van der Waals surface area contributed by atoms with Gasteiger partial charge in [0.2, 0.25) is 0 Å². The van der Waals surface area contributed by atoms with Crippen LogP contribution in [-0.2, 0) is 14.4 Å². The lowest BCUT2D eigenvalue weighted by molar-refractivity contribution is -0.155. The van der Waals surface area contributed by atoms with Crippen LogP contribution in [0.3, 0.4) is 0 Å². The highest BCUT2D eigenvalue weighted by Crippen LogP contribution is 2.46. The smallest absolute Gasteiger partial charge is 0.330 e. The zero-order valence-corrected chi connectivity index (χ0v) is 18.0. The van der Waals surface area contributed by atoms with Crippen molar-refractivity contribution in [2.45, 2.75) is 32.7 Å². The van der Waals surface area contributed by atoms with E-state index in [1.165, 1.54) is 6.92 Å². The molecule has 0 aromatic heterocycles. The normalized spacial score (nSPS) is 22.5. The summed E-state index contributed by atoms with van der Waals surface area (Å²) in [5.41, 5.74) is -0.0715. The van der Waals surface area contributed by atoms with Crippen LogP contribution in [0.1, 0.15) is 32.8 Å². The van der Waals surface area contributed by atoms with E-state index >= 15 is 0 Å². The average Bonchev–Trinajstić information content (AvgIpc) is 3.08. The highest BCUT2D eigenvalue weighted by molar-refractivity contribution is 9.10. The lowest BCUT2D eigenvalue weighted by atomic mass is 9.83. The summed E-state index contributed by atoms with van der Waals surface area (Å²) in [5.74, 6) is -2.41. The van der Waals surface area contributed by atoms with Crippen LogP contribution in [-0.4, -0.2) is 37.6 Å². The van der Waals surface area contributed by atoms with Crippen molar-refractivity contribution in [1.29, 1.82) is 0 Å². The fourth-order valence-corrected chi connectivity index (χ4v) is 5.11. The number of aliphatic carboxylic acids is 1. The number of nitrogens with one attached hydrogen (secondary N) is 1. The third-order valence-electron chi connectivity index (χ3n) is 5.19. The van der Waals surface area contributed by atoms with Crippen LogP contribution in [0.4, 0.5) is 5.69 Å². The Bertz CT molecular complexity index is 930. The number of hydrogen-bond donors (Lipinski definition) is 2. The van der Waals surface area contributed by atoms with Crippen LogP contribution in [0, 0.1) is 5.92 Å². The van der Waals surface area contributed by atoms with Gasteiger partial charge in [-0.3, -0.25) is 14.5 Å². The molecule has 1 aromatic rings. The molecule has 3 rings (SSSR count). The monoisotopic (exact) mass is 468 g/mol. The molecule has 2 heterocycles. The van der Waals surface area contributed by atoms with E-state index in [1.54, 1.807) is 25.1 Å². The number of anilines is 1. The van der Waals surface area contributed by atoms with Crippen molar-refractivity contribution >= 4 is 73.3 Å². The molecule has 1 aromatic carbocycles. The van der Waals surface area contributed by atoms with Crippen molar-refractivity contribution in [3.05, 3.63) is 33.1 Å². The molecule has 2 atom stereocenters. The average molecular weight is 469 g/mol. The Morgan fingerprint density at radius 3 is 2.70 bits per heavy atom. The number of carboxylic acids is 1. The van der Waals surface area contributed by atoms with Gasteiger partial charge in [0.1, 0.15) is 9.86 Å². The number of carboxylic acid groups (broad SMARTS) is 1. The topological polar surface area (TPSA) is 86.7 Å². The molecule has 0 bridgehead atoms. The van der Waals surface area contributed by atoms with Crippen LogP contribution in [0.15, 0.2) is 27.6 Å². The minimum atomic E-state index is -1.49. The van der Waals surface area contributed by atoms with Gasteiger partial charge in [0, 0.05) is 15.7 Å². The van der Waals surface area contributed by atoms with Crippen LogP contribution >= 0.6 is 39.9 Å². The molecular weight excluding hydrogens is 452 g/mol. The van der Waals surface area contributed by atoms with E-state index in [9.17, 15) is 19.5 Å². The molecule has 6 nitrogen and oxygen atoms in total. The maximum Gasteiger partial charge on any atom is 0.330 e. The predicted octanol–water partition coefficient (Wildman–Crippen LogP) is 3.86. The van der Waals surface area contributed by atoms with Gasteiger partial charge in [-0.2, -0.15) is 0 Å². The number of amides is 2. The molecule has 2 aliphatic heterocycles. The van der Waals surface area contributed by atoms with E-state index in [4.69, 9.17) is 12.2 Å². The molecule has 2 N–H and O–H groups in total. The number of halogens is 1. The van der Waals surface area contributed by atoms with Crippen LogP contribution in [0.5, 0.6) is 0 Å². The van der Waals surface area contributed by atoms with E-state index in [2.05, 4.69) is 21.2 Å². The second-order valence-corrected chi connectivity index (χ2v) is 9.18. The largest absolute Gasteiger partial charge is 0.479 e. The SMILES string of the molecule is CCC(C)C(C)(C(=O)O)N1C(=O)C(=C2C(=O)Nc3ccc(Br)cc32)SC1=S. The summed E-state index contributed by atoms with van der Waals surface area (Å²) < 4.78 is 0.907. The molecule has 0 spiro atoms. The number of carbonyl (C=O) groups is 3. The van der Waals surface area contributed by atoms with Crippen molar-refractivity contribution in [2.24, 2.45) is 5.92 Å². The molecular formula is C18H17BrN2O4S2. The standard InChI is InChI=1S/C18H17BrN2O4S2/c1-4-8(2)18(3,16(24)25)21-15(23)13(27-17(21)26)12-10-7-9(19)5-6-11(10)20-14(12)22/h5-8H,4H2,1-3H3,(H,20,22)(H,24,25). The Kier molecular flexibility index (Phi) is 5.22. The first kappa shape index (κ1) is 20.0. The zero-order valence-electron chi connectivity index (χ0n) is 14.8. The van der Waals surface area contributed by atoms with Crippen LogP contribution in [0.25, 0.3) is 5.57 Å². The van der Waals surface area contributed by atoms with Crippen molar-refractivity contribution in [3.8, 4) is 0 Å². The third-order valence-corrected chi connectivity index (χ3v) is 7.06. The van der Waals surface area contributed by atoms with Gasteiger partial charge in [-0.25, -0.2) is 4.79 Å². The predicted molar refractivity (Wildman–Crippen MR) is 112 cm³/mol. The molecule has 0 aliphatic carbocycles. The highest BCUT2D eigenvalue weighted by Gasteiger charge is 2.53. The Morgan fingerprint density at radius 2 is 2.11 bits per heavy atom. The quantitative estimate of drug-likeness (QED) is 0.515. The number of benzene rings is 1. The first-order chi connectivity index (χ1) is 12.6. The second kappa shape index (κ2) is 7.03. The summed E-state index contributed by atoms with van der Waals surface area (Å²) in [4.78, 5) is 39.1. The van der Waals surface area contributed by atoms with E-state index in [1.807, 2.05) is 6.92 Å². The van der Waals surface area contributed by atoms with Gasteiger partial charge in [-0.05, 0) is 31.0 Å². The highest BCUT2D eigenvalue weighted by atomic mass is 79.9. The van der Waals surface area contributed by atoms with Gasteiger partial charge in [0.25, 0.3) is 11.8 Å². The van der Waals surface area contributed by atoms with Gasteiger partial charge in [-0.1, -0.05) is 60.2 Å². The van der Waals surface area contributed by atoms with E-state index in [0.717, 1.165) is 21.1 Å². The zero-order chi connectivity index (χ0) is 20.1. The summed E-state index contributed by atoms with van der Waals surface area (Å²) >= 11 is 9.70. The Hall–Kier alpha value is -1.71. The second-order valence-electron chi connectivity index (χ2n) is 6.62. The molecule has 0 radical (unpaired) electrons. The molecule has 1 saturated heterocycles. The molecule has 2 unspecified atom stereocenters. The van der Waals surface area contributed by atoms with E-state index in [-0.39, 0.29) is 20.7 Å². The molecule has 0 saturated carbocycles. The summed E-state index contributed by atoms with van der Waals surface area (Å²) in [7, 11) is 0. The molecule has 2 aliphatic rings. The summed E-state index contributed by atoms with van der Waals surface area (Å²) in [6.07, 6.45) is 0.558. The Balaban J connectivity index is 2.15. The first-order valence-corrected chi connectivity index (χ1v) is 10.3. The number of fused-ring (bicyclic) bond motifs is 1. The van der Waals surface area contributed by atoms with Gasteiger partial charge >= 0.3 is 5.97 Å². The Morgan fingerprint density at radius 1 is 1.44 bits per heavy atom. The lowest BCUT2D eigenvalue weighted by Crippen LogP contribution is -2.58. The fourth-order valence-electron chi connectivity index (χ4n) is 3.21. The molecule has 1 fully saturated rings. The van der Waals surface area contributed by atoms with Crippen LogP contribution < -0.4 is 5.32 Å². The Labute approximate surface area is 174 Å². The first-order valence-electron chi connectivity index (χ1n) is 8.28. The number of hydrogen-bond acceptors (Lipinski definition) is 5. The maximum absolute atomic E-state index is 13.2. The third kappa shape index (κ3) is 3.01. The van der Waals surface area contributed by atoms with Crippen molar-refractivity contribution in [1.82, 2.24) is 4.90 Å². The fraction of sp³-hybridized carbons (Fsp3) is 0.333. The molecule has 27 heavy (non-hydrogen) atoms. The lowest BCUT2D eigenvalue weighted by Gasteiger charge is -2.38. The minimum absolute atomic E-state index is 0.143. The molecule has 9 heteroatoms. The van der Waals surface area contributed by atoms with Gasteiger partial charge in [0.05, 0.1) is 10.5 Å². The van der Waals surface area contributed by atoms with E-state index < -0.39 is 23.3 Å². The van der Waals surface area contributed by atoms with Crippen LogP contribution in [0.2, 0.25) is 0 Å². The van der Waals surface area contributed by atoms with Crippen molar-refractivity contribution < 1.29 is 19.5 Å². The number of thioether (sulfide) groups is 1. The van der Waals surface area contributed by atoms with Gasteiger partial charge in [-0.15, -0.1) is 0 Å². The van der Waals surface area contributed by atoms with E-state index in [0.29, 0.717) is 17.7 Å². The minimum Gasteiger partial charge on any atom is -0.479 e. The number of thiocarbonyl (C=S) groups is 1. The maximum atomic E-state index is 13.2. The summed E-state index contributed by atoms with van der Waals surface area (Å²) in [5, 5.41) is 12.6. The number of nitrogens with zero attached hydrogens (tertiary/aromatic N) is 1. The summed E-state index contributed by atoms with van der Waals surface area (Å²) in [6.45, 7) is 5.13.